The van der Waals surface area contributed by atoms with Crippen molar-refractivity contribution in [1.29, 1.82) is 0 Å². The monoisotopic (exact) mass is 296 g/mol. The minimum atomic E-state index is -0.110. The van der Waals surface area contributed by atoms with Crippen molar-refractivity contribution in [2.45, 2.75) is 13.8 Å². The third kappa shape index (κ3) is 2.46. The van der Waals surface area contributed by atoms with Gasteiger partial charge in [0.2, 0.25) is 0 Å². The van der Waals surface area contributed by atoms with E-state index in [0.29, 0.717) is 5.75 Å². The van der Waals surface area contributed by atoms with Crippen molar-refractivity contribution < 1.29 is 4.79 Å². The molecular formula is C12H13ClN4OS. The Bertz CT molecular complexity index is 680. The van der Waals surface area contributed by atoms with Crippen molar-refractivity contribution in [2.24, 2.45) is 5.10 Å². The molecule has 19 heavy (non-hydrogen) atoms. The van der Waals surface area contributed by atoms with Gasteiger partial charge >= 0.3 is 0 Å². The Balaban J connectivity index is 0.00000133. The number of aromatic nitrogens is 2. The summed E-state index contributed by atoms with van der Waals surface area (Å²) in [6, 6.07) is 4.07. The van der Waals surface area contributed by atoms with Crippen LogP contribution in [-0.2, 0) is 0 Å². The fourth-order valence-electron chi connectivity index (χ4n) is 2.04. The van der Waals surface area contributed by atoms with E-state index in [4.69, 9.17) is 0 Å². The maximum atomic E-state index is 11.1. The summed E-state index contributed by atoms with van der Waals surface area (Å²) in [5, 5.41) is 4.01. The average Bonchev–Trinajstić information content (AvgIpc) is 2.65. The van der Waals surface area contributed by atoms with Crippen molar-refractivity contribution in [1.82, 2.24) is 14.8 Å². The highest BCUT2D eigenvalue weighted by Crippen LogP contribution is 2.18. The number of nitrogens with one attached hydrogen (secondary N) is 1. The van der Waals surface area contributed by atoms with Gasteiger partial charge in [0.1, 0.15) is 5.65 Å². The molecule has 0 aliphatic carbocycles. The van der Waals surface area contributed by atoms with Gasteiger partial charge in [0.05, 0.1) is 17.1 Å². The molecule has 1 aliphatic heterocycles. The lowest BCUT2D eigenvalue weighted by Crippen LogP contribution is -2.25. The molecule has 0 bridgehead atoms. The number of carbonyl (C=O) groups excluding carboxylic acids is 1. The summed E-state index contributed by atoms with van der Waals surface area (Å²) in [5.41, 5.74) is 7.33. The normalized spacial score (nSPS) is 14.8. The molecule has 100 valence electrons. The highest BCUT2D eigenvalue weighted by Gasteiger charge is 2.19. The van der Waals surface area contributed by atoms with E-state index in [9.17, 15) is 4.79 Å². The Morgan fingerprint density at radius 1 is 1.42 bits per heavy atom. The van der Waals surface area contributed by atoms with E-state index in [1.54, 1.807) is 0 Å². The summed E-state index contributed by atoms with van der Waals surface area (Å²) in [6.07, 6.45) is 1.99. The number of amides is 1. The van der Waals surface area contributed by atoms with Crippen molar-refractivity contribution in [3.05, 3.63) is 35.3 Å². The van der Waals surface area contributed by atoms with Crippen LogP contribution >= 0.6 is 24.2 Å². The van der Waals surface area contributed by atoms with Gasteiger partial charge in [0, 0.05) is 11.9 Å². The molecule has 3 heterocycles. The van der Waals surface area contributed by atoms with Gasteiger partial charge in [0.15, 0.2) is 0 Å². The van der Waals surface area contributed by atoms with Crippen molar-refractivity contribution in [3.8, 4) is 0 Å². The second kappa shape index (κ2) is 5.22. The Morgan fingerprint density at radius 3 is 2.89 bits per heavy atom. The van der Waals surface area contributed by atoms with Crippen LogP contribution in [-0.4, -0.2) is 26.1 Å². The lowest BCUT2D eigenvalue weighted by Gasteiger charge is -2.11. The number of hydrogen-bond donors (Lipinski definition) is 1. The topological polar surface area (TPSA) is 58.8 Å². The SMILES string of the molecule is Cc1ccn2c(C3=NNC(=O)SC3)c(C)nc2c1.Cl. The van der Waals surface area contributed by atoms with Crippen LogP contribution in [0.4, 0.5) is 4.79 Å². The smallest absolute Gasteiger partial charge is 0.298 e. The number of hydrazone groups is 1. The Hall–Kier alpha value is -1.53. The fraction of sp³-hybridized carbons (Fsp3) is 0.250. The molecule has 1 amide bonds. The van der Waals surface area contributed by atoms with Crippen LogP contribution in [0.1, 0.15) is 17.0 Å². The van der Waals surface area contributed by atoms with Crippen molar-refractivity contribution in [2.75, 3.05) is 5.75 Å². The largest absolute Gasteiger partial charge is 0.299 e. The number of rotatable bonds is 1. The molecular weight excluding hydrogens is 284 g/mol. The first kappa shape index (κ1) is 13.9. The zero-order valence-electron chi connectivity index (χ0n) is 10.5. The zero-order valence-corrected chi connectivity index (χ0v) is 12.1. The number of aryl methyl sites for hydroxylation is 2. The maximum Gasteiger partial charge on any atom is 0.299 e. The lowest BCUT2D eigenvalue weighted by molar-refractivity contribution is 0.261. The molecule has 0 saturated carbocycles. The summed E-state index contributed by atoms with van der Waals surface area (Å²) < 4.78 is 2.01. The molecule has 0 saturated heterocycles. The van der Waals surface area contributed by atoms with Gasteiger partial charge in [-0.2, -0.15) is 5.10 Å². The fourth-order valence-corrected chi connectivity index (χ4v) is 2.62. The molecule has 1 N–H and O–H groups in total. The first-order valence-corrected chi connectivity index (χ1v) is 6.59. The van der Waals surface area contributed by atoms with Gasteiger partial charge in [-0.05, 0) is 31.5 Å². The molecule has 3 rings (SSSR count). The van der Waals surface area contributed by atoms with Crippen molar-refractivity contribution >= 4 is 40.8 Å². The Kier molecular flexibility index (Phi) is 3.82. The molecule has 2 aromatic heterocycles. The summed E-state index contributed by atoms with van der Waals surface area (Å²) >= 11 is 1.22. The van der Waals surface area contributed by atoms with Crippen LogP contribution in [0.2, 0.25) is 0 Å². The number of nitrogens with zero attached hydrogens (tertiary/aromatic N) is 3. The number of carbonyl (C=O) groups is 1. The van der Waals surface area contributed by atoms with E-state index >= 15 is 0 Å². The third-order valence-electron chi connectivity index (χ3n) is 2.85. The molecule has 2 aromatic rings. The number of hydrogen-bond acceptors (Lipinski definition) is 4. The lowest BCUT2D eigenvalue weighted by atomic mass is 10.2. The number of imidazole rings is 1. The van der Waals surface area contributed by atoms with Crippen LogP contribution in [0, 0.1) is 13.8 Å². The number of thioether (sulfide) groups is 1. The quantitative estimate of drug-likeness (QED) is 0.880. The van der Waals surface area contributed by atoms with E-state index in [-0.39, 0.29) is 17.6 Å². The summed E-state index contributed by atoms with van der Waals surface area (Å²) in [6.45, 7) is 4.00. The van der Waals surface area contributed by atoms with E-state index < -0.39 is 0 Å². The number of fused-ring (bicyclic) bond motifs is 1. The molecule has 0 aromatic carbocycles. The molecule has 0 spiro atoms. The predicted octanol–water partition coefficient (Wildman–Crippen LogP) is 2.53. The van der Waals surface area contributed by atoms with Gasteiger partial charge in [0.25, 0.3) is 5.24 Å². The number of pyridine rings is 1. The average molecular weight is 297 g/mol. The molecule has 1 aliphatic rings. The van der Waals surface area contributed by atoms with Gasteiger partial charge in [-0.1, -0.05) is 11.8 Å². The number of halogens is 1. The molecule has 5 nitrogen and oxygen atoms in total. The predicted molar refractivity (Wildman–Crippen MR) is 79.4 cm³/mol. The first-order valence-electron chi connectivity index (χ1n) is 5.60. The molecule has 7 heteroatoms. The van der Waals surface area contributed by atoms with Gasteiger partial charge in [-0.3, -0.25) is 9.20 Å². The Morgan fingerprint density at radius 2 is 2.21 bits per heavy atom. The minimum Gasteiger partial charge on any atom is -0.298 e. The first-order chi connectivity index (χ1) is 8.65. The highest BCUT2D eigenvalue weighted by molar-refractivity contribution is 8.14. The van der Waals surface area contributed by atoms with E-state index in [2.05, 4.69) is 15.5 Å². The van der Waals surface area contributed by atoms with E-state index in [1.165, 1.54) is 17.3 Å². The highest BCUT2D eigenvalue weighted by atomic mass is 35.5. The molecule has 0 unspecified atom stereocenters. The van der Waals surface area contributed by atoms with Gasteiger partial charge in [-0.15, -0.1) is 12.4 Å². The molecule has 0 atom stereocenters. The van der Waals surface area contributed by atoms with Crippen LogP contribution in [0.25, 0.3) is 5.65 Å². The van der Waals surface area contributed by atoms with E-state index in [0.717, 1.165) is 22.7 Å². The second-order valence-corrected chi connectivity index (χ2v) is 5.17. The van der Waals surface area contributed by atoms with Gasteiger partial charge in [-0.25, -0.2) is 10.4 Å². The van der Waals surface area contributed by atoms with Gasteiger partial charge < -0.3 is 0 Å². The second-order valence-electron chi connectivity index (χ2n) is 4.22. The third-order valence-corrected chi connectivity index (χ3v) is 3.62. The molecule has 0 radical (unpaired) electrons. The standard InChI is InChI=1S/C12H12N4OS.ClH/c1-7-3-4-16-10(5-7)13-8(2)11(16)9-6-18-12(17)15-14-9;/h3-5H,6H2,1-2H3,(H,15,17);1H. The maximum absolute atomic E-state index is 11.1. The minimum absolute atomic E-state index is 0. The summed E-state index contributed by atoms with van der Waals surface area (Å²) in [4.78, 5) is 15.6. The zero-order chi connectivity index (χ0) is 12.7. The molecule has 0 fully saturated rings. The van der Waals surface area contributed by atoms with Crippen LogP contribution in [0.3, 0.4) is 0 Å². The summed E-state index contributed by atoms with van der Waals surface area (Å²) in [7, 11) is 0. The summed E-state index contributed by atoms with van der Waals surface area (Å²) in [5.74, 6) is 0.578. The van der Waals surface area contributed by atoms with E-state index in [1.807, 2.05) is 36.6 Å². The van der Waals surface area contributed by atoms with Crippen molar-refractivity contribution in [3.63, 3.8) is 0 Å². The Labute approximate surface area is 120 Å². The van der Waals surface area contributed by atoms with Crippen LogP contribution in [0.15, 0.2) is 23.4 Å². The van der Waals surface area contributed by atoms with Crippen LogP contribution < -0.4 is 5.43 Å². The van der Waals surface area contributed by atoms with Crippen LogP contribution in [0.5, 0.6) is 0 Å².